The molecule has 0 bridgehead atoms. The Bertz CT molecular complexity index is 1240. The number of aromatic nitrogens is 2. The van der Waals surface area contributed by atoms with Crippen LogP contribution in [0.1, 0.15) is 22.5 Å². The highest BCUT2D eigenvalue weighted by molar-refractivity contribution is 6.34. The number of hydrogen-bond acceptors (Lipinski definition) is 4. The van der Waals surface area contributed by atoms with Crippen molar-refractivity contribution < 1.29 is 18.3 Å². The van der Waals surface area contributed by atoms with Gasteiger partial charge in [-0.2, -0.15) is 0 Å². The number of carbonyl (C=O) groups excluding carboxylic acids is 1. The number of imidazole rings is 1. The summed E-state index contributed by atoms with van der Waals surface area (Å²) < 4.78 is 32.5. The van der Waals surface area contributed by atoms with Crippen molar-refractivity contribution in [2.24, 2.45) is 0 Å². The molecule has 0 aliphatic carbocycles. The van der Waals surface area contributed by atoms with Crippen molar-refractivity contribution in [1.82, 2.24) is 9.38 Å². The van der Waals surface area contributed by atoms with Crippen LogP contribution < -0.4 is 15.4 Å². The first-order chi connectivity index (χ1) is 14.9. The van der Waals surface area contributed by atoms with Crippen LogP contribution in [0, 0.1) is 0 Å². The molecular formula is C22H17ClF2N4O2. The van der Waals surface area contributed by atoms with Crippen LogP contribution in [-0.2, 0) is 0 Å². The number of rotatable bonds is 6. The molecule has 0 saturated heterocycles. The summed E-state index contributed by atoms with van der Waals surface area (Å²) in [6.07, 6.45) is -1.34. The third kappa shape index (κ3) is 4.44. The lowest BCUT2D eigenvalue weighted by Crippen LogP contribution is -2.12. The van der Waals surface area contributed by atoms with Crippen LogP contribution in [0.5, 0.6) is 5.75 Å². The summed E-state index contributed by atoms with van der Waals surface area (Å²) in [5.74, 6) is 0.792. The Morgan fingerprint density at radius 3 is 2.52 bits per heavy atom. The number of carbonyl (C=O) groups is 1. The molecule has 0 fully saturated rings. The average Bonchev–Trinajstić information content (AvgIpc) is 3.21. The Morgan fingerprint density at radius 2 is 1.84 bits per heavy atom. The predicted molar refractivity (Wildman–Crippen MR) is 116 cm³/mol. The summed E-state index contributed by atoms with van der Waals surface area (Å²) in [7, 11) is 1.52. The van der Waals surface area contributed by atoms with Gasteiger partial charge in [0.15, 0.2) is 0 Å². The van der Waals surface area contributed by atoms with Crippen molar-refractivity contribution >= 4 is 40.3 Å². The highest BCUT2D eigenvalue weighted by atomic mass is 35.5. The van der Waals surface area contributed by atoms with Crippen molar-refractivity contribution in [3.8, 4) is 5.75 Å². The molecular weight excluding hydrogens is 426 g/mol. The third-order valence-corrected chi connectivity index (χ3v) is 4.88. The molecule has 0 radical (unpaired) electrons. The molecule has 0 unspecified atom stereocenters. The van der Waals surface area contributed by atoms with E-state index in [1.165, 1.54) is 13.3 Å². The molecule has 2 N–H and O–H groups in total. The fraction of sp³-hybridized carbons (Fsp3) is 0.0909. The summed E-state index contributed by atoms with van der Waals surface area (Å²) >= 11 is 6.15. The number of nitrogens with one attached hydrogen (secondary N) is 2. The topological polar surface area (TPSA) is 67.7 Å². The summed E-state index contributed by atoms with van der Waals surface area (Å²) in [5, 5.41) is 6.23. The largest absolute Gasteiger partial charge is 0.497 e. The number of pyridine rings is 1. The van der Waals surface area contributed by atoms with Crippen LogP contribution in [0.15, 0.2) is 66.9 Å². The maximum atomic E-state index is 13.0. The smallest absolute Gasteiger partial charge is 0.281 e. The minimum absolute atomic E-state index is 0.284. The lowest BCUT2D eigenvalue weighted by Gasteiger charge is -2.11. The molecule has 2 aromatic carbocycles. The number of halogens is 3. The predicted octanol–water partition coefficient (Wildman–Crippen LogP) is 5.93. The highest BCUT2D eigenvalue weighted by Gasteiger charge is 2.14. The van der Waals surface area contributed by atoms with Crippen LogP contribution in [0.2, 0.25) is 5.02 Å². The molecule has 0 aliphatic heterocycles. The van der Waals surface area contributed by atoms with Crippen LogP contribution in [0.4, 0.5) is 26.0 Å². The molecule has 0 saturated carbocycles. The van der Waals surface area contributed by atoms with E-state index >= 15 is 0 Å². The van der Waals surface area contributed by atoms with E-state index in [2.05, 4.69) is 15.6 Å². The molecule has 4 aromatic rings. The minimum atomic E-state index is -2.64. The van der Waals surface area contributed by atoms with Gasteiger partial charge in [-0.15, -0.1) is 0 Å². The summed E-state index contributed by atoms with van der Waals surface area (Å²) in [6.45, 7) is 0. The Morgan fingerprint density at radius 1 is 1.10 bits per heavy atom. The molecule has 1 amide bonds. The van der Waals surface area contributed by atoms with Gasteiger partial charge in [-0.05, 0) is 54.6 Å². The first-order valence-electron chi connectivity index (χ1n) is 9.23. The Balaban J connectivity index is 1.49. The van der Waals surface area contributed by atoms with Crippen LogP contribution >= 0.6 is 11.6 Å². The van der Waals surface area contributed by atoms with E-state index in [9.17, 15) is 13.6 Å². The maximum Gasteiger partial charge on any atom is 0.281 e. The van der Waals surface area contributed by atoms with Gasteiger partial charge in [0.05, 0.1) is 17.7 Å². The SMILES string of the molecule is COc1ccc(C(=O)Nc2ccc(Nc3cccc4nc(C(F)F)cn34)cc2)c(Cl)c1. The molecule has 2 aromatic heterocycles. The van der Waals surface area contributed by atoms with E-state index in [-0.39, 0.29) is 16.6 Å². The molecule has 31 heavy (non-hydrogen) atoms. The van der Waals surface area contributed by atoms with Gasteiger partial charge in [-0.1, -0.05) is 17.7 Å². The van der Waals surface area contributed by atoms with Crippen molar-refractivity contribution in [2.45, 2.75) is 6.43 Å². The zero-order chi connectivity index (χ0) is 22.0. The van der Waals surface area contributed by atoms with Crippen LogP contribution in [0.25, 0.3) is 5.65 Å². The lowest BCUT2D eigenvalue weighted by molar-refractivity contribution is 0.102. The Hall–Kier alpha value is -3.65. The first kappa shape index (κ1) is 20.6. The highest BCUT2D eigenvalue weighted by Crippen LogP contribution is 2.25. The van der Waals surface area contributed by atoms with Crippen LogP contribution in [-0.4, -0.2) is 22.4 Å². The van der Waals surface area contributed by atoms with E-state index in [1.54, 1.807) is 65.1 Å². The molecule has 6 nitrogen and oxygen atoms in total. The second-order valence-corrected chi connectivity index (χ2v) is 7.02. The second-order valence-electron chi connectivity index (χ2n) is 6.61. The van der Waals surface area contributed by atoms with Crippen molar-refractivity contribution in [2.75, 3.05) is 17.7 Å². The van der Waals surface area contributed by atoms with Gasteiger partial charge in [0, 0.05) is 17.6 Å². The number of nitrogens with zero attached hydrogens (tertiary/aromatic N) is 2. The molecule has 9 heteroatoms. The minimum Gasteiger partial charge on any atom is -0.497 e. The normalized spacial score (nSPS) is 11.0. The number of alkyl halides is 2. The van der Waals surface area contributed by atoms with E-state index in [0.29, 0.717) is 34.2 Å². The molecule has 0 spiro atoms. The monoisotopic (exact) mass is 442 g/mol. The number of fused-ring (bicyclic) bond motifs is 1. The summed E-state index contributed by atoms with van der Waals surface area (Å²) in [6, 6.07) is 16.9. The fourth-order valence-electron chi connectivity index (χ4n) is 3.03. The molecule has 0 aliphatic rings. The molecule has 4 rings (SSSR count). The Kier molecular flexibility index (Phi) is 5.73. The van der Waals surface area contributed by atoms with Gasteiger partial charge in [0.25, 0.3) is 12.3 Å². The van der Waals surface area contributed by atoms with E-state index < -0.39 is 6.43 Å². The Labute approximate surface area is 181 Å². The number of hydrogen-bond donors (Lipinski definition) is 2. The van der Waals surface area contributed by atoms with E-state index in [1.807, 2.05) is 0 Å². The van der Waals surface area contributed by atoms with Crippen molar-refractivity contribution in [1.29, 1.82) is 0 Å². The third-order valence-electron chi connectivity index (χ3n) is 4.57. The standard InChI is InChI=1S/C22H17ClF2N4O2/c1-31-15-9-10-16(17(23)11-15)22(30)27-14-7-5-13(6-8-14)26-19-3-2-4-20-28-18(21(24)25)12-29(19)20/h2-12,21,26H,1H3,(H,27,30). The number of ether oxygens (including phenoxy) is 1. The lowest BCUT2D eigenvalue weighted by atomic mass is 10.2. The van der Waals surface area contributed by atoms with Crippen molar-refractivity contribution in [3.63, 3.8) is 0 Å². The molecule has 158 valence electrons. The van der Waals surface area contributed by atoms with Gasteiger partial charge in [-0.25, -0.2) is 13.8 Å². The van der Waals surface area contributed by atoms with Gasteiger partial charge >= 0.3 is 0 Å². The number of methoxy groups -OCH3 is 1. The van der Waals surface area contributed by atoms with Gasteiger partial charge in [-0.3, -0.25) is 9.20 Å². The maximum absolute atomic E-state index is 13.0. The second kappa shape index (κ2) is 8.61. The number of benzene rings is 2. The van der Waals surface area contributed by atoms with E-state index in [4.69, 9.17) is 16.3 Å². The van der Waals surface area contributed by atoms with Gasteiger partial charge < -0.3 is 15.4 Å². The summed E-state index contributed by atoms with van der Waals surface area (Å²) in [5.41, 5.74) is 1.74. The quantitative estimate of drug-likeness (QED) is 0.388. The van der Waals surface area contributed by atoms with Crippen LogP contribution in [0.3, 0.4) is 0 Å². The van der Waals surface area contributed by atoms with Gasteiger partial charge in [0.1, 0.15) is 22.9 Å². The number of amides is 1. The van der Waals surface area contributed by atoms with Crippen molar-refractivity contribution in [3.05, 3.63) is 83.1 Å². The average molecular weight is 443 g/mol. The van der Waals surface area contributed by atoms with Gasteiger partial charge in [0.2, 0.25) is 0 Å². The molecule has 2 heterocycles. The first-order valence-corrected chi connectivity index (χ1v) is 9.60. The number of anilines is 3. The summed E-state index contributed by atoms with van der Waals surface area (Å²) in [4.78, 5) is 16.4. The fourth-order valence-corrected chi connectivity index (χ4v) is 3.28. The zero-order valence-electron chi connectivity index (χ0n) is 16.3. The van der Waals surface area contributed by atoms with E-state index in [0.717, 1.165) is 0 Å². The zero-order valence-corrected chi connectivity index (χ0v) is 17.0. The molecule has 0 atom stereocenters.